The van der Waals surface area contributed by atoms with Gasteiger partial charge in [0.2, 0.25) is 0 Å². The van der Waals surface area contributed by atoms with E-state index >= 15 is 0 Å². The van der Waals surface area contributed by atoms with Gasteiger partial charge in [-0.1, -0.05) is 31.9 Å². The maximum Gasteiger partial charge on any atom is 0.119 e. The standard InChI is InChI=1S/C18H30N2O/c1-4-12-19-18(14-20(2)16-9-5-6-10-16)15-8-7-11-17(13-15)21-3/h7-8,11,13,16,18-19H,4-6,9-10,12,14H2,1-3H3. The molecule has 0 saturated heterocycles. The van der Waals surface area contributed by atoms with Crippen LogP contribution in [0.1, 0.15) is 50.6 Å². The summed E-state index contributed by atoms with van der Waals surface area (Å²) in [6.45, 7) is 4.34. The summed E-state index contributed by atoms with van der Waals surface area (Å²) in [5, 5.41) is 3.69. The van der Waals surface area contributed by atoms with Crippen molar-refractivity contribution in [2.24, 2.45) is 0 Å². The van der Waals surface area contributed by atoms with Gasteiger partial charge in [0.25, 0.3) is 0 Å². The predicted octanol–water partition coefficient (Wildman–Crippen LogP) is 3.61. The quantitative estimate of drug-likeness (QED) is 0.791. The van der Waals surface area contributed by atoms with E-state index in [1.807, 2.05) is 6.07 Å². The topological polar surface area (TPSA) is 24.5 Å². The third kappa shape index (κ3) is 4.72. The number of rotatable bonds is 8. The third-order valence-electron chi connectivity index (χ3n) is 4.56. The highest BCUT2D eigenvalue weighted by Crippen LogP contribution is 2.25. The molecule has 0 amide bonds. The van der Waals surface area contributed by atoms with Crippen LogP contribution in [0, 0.1) is 0 Å². The number of nitrogens with zero attached hydrogens (tertiary/aromatic N) is 1. The fraction of sp³-hybridized carbons (Fsp3) is 0.667. The molecule has 1 unspecified atom stereocenters. The molecule has 3 nitrogen and oxygen atoms in total. The maximum absolute atomic E-state index is 5.37. The summed E-state index contributed by atoms with van der Waals surface area (Å²) in [5.41, 5.74) is 1.33. The van der Waals surface area contributed by atoms with Crippen LogP contribution in [0.15, 0.2) is 24.3 Å². The molecule has 1 N–H and O–H groups in total. The van der Waals surface area contributed by atoms with Gasteiger partial charge in [-0.25, -0.2) is 0 Å². The SMILES string of the molecule is CCCNC(CN(C)C1CCCC1)c1cccc(OC)c1. The van der Waals surface area contributed by atoms with Crippen molar-refractivity contribution in [3.05, 3.63) is 29.8 Å². The van der Waals surface area contributed by atoms with Crippen LogP contribution in [0.3, 0.4) is 0 Å². The summed E-state index contributed by atoms with van der Waals surface area (Å²) in [6.07, 6.45) is 6.65. The minimum absolute atomic E-state index is 0.380. The number of hydrogen-bond donors (Lipinski definition) is 1. The zero-order valence-corrected chi connectivity index (χ0v) is 13.8. The molecular formula is C18H30N2O. The van der Waals surface area contributed by atoms with Gasteiger partial charge in [-0.2, -0.15) is 0 Å². The van der Waals surface area contributed by atoms with Crippen LogP contribution in [-0.2, 0) is 0 Å². The maximum atomic E-state index is 5.37. The van der Waals surface area contributed by atoms with Gasteiger partial charge in [0.15, 0.2) is 0 Å². The molecule has 118 valence electrons. The molecule has 0 aliphatic heterocycles. The normalized spacial score (nSPS) is 17.3. The van der Waals surface area contributed by atoms with Crippen molar-refractivity contribution in [3.63, 3.8) is 0 Å². The van der Waals surface area contributed by atoms with Gasteiger partial charge in [0.1, 0.15) is 5.75 Å². The Balaban J connectivity index is 2.05. The first kappa shape index (κ1) is 16.3. The minimum Gasteiger partial charge on any atom is -0.497 e. The van der Waals surface area contributed by atoms with Crippen LogP contribution >= 0.6 is 0 Å². The fourth-order valence-electron chi connectivity index (χ4n) is 3.25. The van der Waals surface area contributed by atoms with Crippen molar-refractivity contribution < 1.29 is 4.74 Å². The van der Waals surface area contributed by atoms with Crippen LogP contribution in [0.2, 0.25) is 0 Å². The summed E-state index contributed by atoms with van der Waals surface area (Å²) >= 11 is 0. The van der Waals surface area contributed by atoms with E-state index in [-0.39, 0.29) is 0 Å². The fourth-order valence-corrected chi connectivity index (χ4v) is 3.25. The summed E-state index contributed by atoms with van der Waals surface area (Å²) in [6, 6.07) is 9.62. The monoisotopic (exact) mass is 290 g/mol. The Kier molecular flexibility index (Phi) is 6.52. The minimum atomic E-state index is 0.380. The van der Waals surface area contributed by atoms with Crippen LogP contribution in [-0.4, -0.2) is 38.2 Å². The lowest BCUT2D eigenvalue weighted by Crippen LogP contribution is -2.38. The Hall–Kier alpha value is -1.06. The molecule has 0 radical (unpaired) electrons. The Morgan fingerprint density at radius 1 is 1.33 bits per heavy atom. The van der Waals surface area contributed by atoms with Crippen LogP contribution in [0.25, 0.3) is 0 Å². The average Bonchev–Trinajstić information content (AvgIpc) is 3.05. The number of benzene rings is 1. The van der Waals surface area contributed by atoms with Crippen LogP contribution in [0.5, 0.6) is 5.75 Å². The van der Waals surface area contributed by atoms with Gasteiger partial charge in [-0.15, -0.1) is 0 Å². The van der Waals surface area contributed by atoms with Crippen molar-refractivity contribution in [1.29, 1.82) is 0 Å². The molecule has 1 atom stereocenters. The lowest BCUT2D eigenvalue weighted by molar-refractivity contribution is 0.219. The van der Waals surface area contributed by atoms with Gasteiger partial charge in [-0.3, -0.25) is 0 Å². The molecular weight excluding hydrogens is 260 g/mol. The second-order valence-electron chi connectivity index (χ2n) is 6.16. The lowest BCUT2D eigenvalue weighted by Gasteiger charge is -2.30. The third-order valence-corrected chi connectivity index (χ3v) is 4.56. The smallest absolute Gasteiger partial charge is 0.119 e. The van der Waals surface area contributed by atoms with Gasteiger partial charge in [-0.05, 0) is 50.6 Å². The number of ether oxygens (including phenoxy) is 1. The van der Waals surface area contributed by atoms with Gasteiger partial charge in [0, 0.05) is 18.6 Å². The van der Waals surface area contributed by atoms with Gasteiger partial charge in [0.05, 0.1) is 7.11 Å². The summed E-state index contributed by atoms with van der Waals surface area (Å²) < 4.78 is 5.37. The molecule has 0 spiro atoms. The zero-order valence-electron chi connectivity index (χ0n) is 13.8. The molecule has 0 bridgehead atoms. The lowest BCUT2D eigenvalue weighted by atomic mass is 10.0. The van der Waals surface area contributed by atoms with Crippen molar-refractivity contribution in [1.82, 2.24) is 10.2 Å². The van der Waals surface area contributed by atoms with Crippen LogP contribution < -0.4 is 10.1 Å². The van der Waals surface area contributed by atoms with E-state index < -0.39 is 0 Å². The predicted molar refractivity (Wildman–Crippen MR) is 88.9 cm³/mol. The van der Waals surface area contributed by atoms with Crippen molar-refractivity contribution >= 4 is 0 Å². The first-order valence-electron chi connectivity index (χ1n) is 8.32. The molecule has 21 heavy (non-hydrogen) atoms. The van der Waals surface area contributed by atoms with Gasteiger partial charge < -0.3 is 15.0 Å². The first-order chi connectivity index (χ1) is 10.2. The van der Waals surface area contributed by atoms with E-state index in [1.165, 1.54) is 31.2 Å². The average molecular weight is 290 g/mol. The van der Waals surface area contributed by atoms with E-state index in [1.54, 1.807) is 7.11 Å². The first-order valence-corrected chi connectivity index (χ1v) is 8.32. The zero-order chi connectivity index (χ0) is 15.1. The largest absolute Gasteiger partial charge is 0.497 e. The molecule has 1 fully saturated rings. The molecule has 3 heteroatoms. The molecule has 1 saturated carbocycles. The van der Waals surface area contributed by atoms with Crippen molar-refractivity contribution in [3.8, 4) is 5.75 Å². The van der Waals surface area contributed by atoms with Crippen molar-refractivity contribution in [2.45, 2.75) is 51.1 Å². The number of likely N-dealkylation sites (N-methyl/N-ethyl adjacent to an activating group) is 1. The molecule has 2 rings (SSSR count). The Morgan fingerprint density at radius 3 is 2.76 bits per heavy atom. The summed E-state index contributed by atoms with van der Waals surface area (Å²) in [5.74, 6) is 0.944. The Morgan fingerprint density at radius 2 is 2.10 bits per heavy atom. The molecule has 1 aliphatic carbocycles. The second-order valence-corrected chi connectivity index (χ2v) is 6.16. The molecule has 1 aromatic carbocycles. The number of hydrogen-bond acceptors (Lipinski definition) is 3. The van der Waals surface area contributed by atoms with E-state index in [2.05, 4.69) is 42.4 Å². The molecule has 0 aromatic heterocycles. The van der Waals surface area contributed by atoms with E-state index in [9.17, 15) is 0 Å². The number of nitrogens with one attached hydrogen (secondary N) is 1. The number of methoxy groups -OCH3 is 1. The van der Waals surface area contributed by atoms with Gasteiger partial charge >= 0.3 is 0 Å². The van der Waals surface area contributed by atoms with E-state index in [0.717, 1.165) is 31.3 Å². The van der Waals surface area contributed by atoms with E-state index in [4.69, 9.17) is 4.74 Å². The highest BCUT2D eigenvalue weighted by atomic mass is 16.5. The highest BCUT2D eigenvalue weighted by Gasteiger charge is 2.22. The Bertz CT molecular complexity index is 415. The highest BCUT2D eigenvalue weighted by molar-refractivity contribution is 5.30. The second kappa shape index (κ2) is 8.40. The summed E-state index contributed by atoms with van der Waals surface area (Å²) in [7, 11) is 4.01. The molecule has 1 aliphatic rings. The molecule has 1 aromatic rings. The van der Waals surface area contributed by atoms with Crippen molar-refractivity contribution in [2.75, 3.05) is 27.2 Å². The Labute approximate surface area is 129 Å². The van der Waals surface area contributed by atoms with E-state index in [0.29, 0.717) is 6.04 Å². The summed E-state index contributed by atoms with van der Waals surface area (Å²) in [4.78, 5) is 2.54. The molecule has 0 heterocycles. The van der Waals surface area contributed by atoms with Crippen LogP contribution in [0.4, 0.5) is 0 Å².